The molecule has 3 N–H and O–H groups in total. The Balaban J connectivity index is 1.97. The molecule has 3 rings (SSSR count). The maximum absolute atomic E-state index is 6.48. The minimum Gasteiger partial charge on any atom is -0.339 e. The van der Waals surface area contributed by atoms with Gasteiger partial charge in [0.1, 0.15) is 5.82 Å². The molecule has 0 radical (unpaired) electrons. The normalized spacial score (nSPS) is 29.6. The lowest BCUT2D eigenvalue weighted by molar-refractivity contribution is 0.238. The number of hydrogen-bond acceptors (Lipinski definition) is 3. The van der Waals surface area contributed by atoms with Gasteiger partial charge < -0.3 is 10.7 Å². The van der Waals surface area contributed by atoms with Gasteiger partial charge in [-0.15, -0.1) is 0 Å². The van der Waals surface area contributed by atoms with Gasteiger partial charge in [0.2, 0.25) is 0 Å². The molecule has 2 heterocycles. The zero-order chi connectivity index (χ0) is 11.9. The second-order valence-corrected chi connectivity index (χ2v) is 5.30. The molecule has 1 aliphatic rings. The van der Waals surface area contributed by atoms with E-state index >= 15 is 0 Å². The number of imidazole rings is 1. The molecule has 1 aliphatic carbocycles. The lowest BCUT2D eigenvalue weighted by Crippen LogP contribution is -2.41. The highest BCUT2D eigenvalue weighted by molar-refractivity contribution is 5.70. The minimum absolute atomic E-state index is 0.285. The molecule has 17 heavy (non-hydrogen) atoms. The molecule has 0 aromatic carbocycles. The molecule has 1 fully saturated rings. The Morgan fingerprint density at radius 1 is 1.41 bits per heavy atom. The van der Waals surface area contributed by atoms with Gasteiger partial charge in [0.15, 0.2) is 5.65 Å². The van der Waals surface area contributed by atoms with Gasteiger partial charge in [0, 0.05) is 6.20 Å². The number of nitrogens with one attached hydrogen (secondary N) is 1. The smallest absolute Gasteiger partial charge is 0.177 e. The van der Waals surface area contributed by atoms with Gasteiger partial charge in [-0.05, 0) is 43.7 Å². The largest absolute Gasteiger partial charge is 0.339 e. The fourth-order valence-corrected chi connectivity index (χ4v) is 2.59. The van der Waals surface area contributed by atoms with Gasteiger partial charge >= 0.3 is 0 Å². The zero-order valence-corrected chi connectivity index (χ0v) is 10.1. The Hall–Kier alpha value is -1.42. The first-order valence-corrected chi connectivity index (χ1v) is 6.27. The van der Waals surface area contributed by atoms with Crippen molar-refractivity contribution in [2.75, 3.05) is 0 Å². The van der Waals surface area contributed by atoms with E-state index in [4.69, 9.17) is 5.73 Å². The maximum atomic E-state index is 6.48. The van der Waals surface area contributed by atoms with E-state index in [9.17, 15) is 0 Å². The van der Waals surface area contributed by atoms with E-state index in [0.29, 0.717) is 0 Å². The number of aromatic nitrogens is 3. The summed E-state index contributed by atoms with van der Waals surface area (Å²) >= 11 is 0. The van der Waals surface area contributed by atoms with Gasteiger partial charge in [-0.1, -0.05) is 6.92 Å². The van der Waals surface area contributed by atoms with Crippen LogP contribution in [0.3, 0.4) is 0 Å². The summed E-state index contributed by atoms with van der Waals surface area (Å²) in [5, 5.41) is 0. The van der Waals surface area contributed by atoms with Gasteiger partial charge in [-0.2, -0.15) is 0 Å². The van der Waals surface area contributed by atoms with Crippen LogP contribution in [0, 0.1) is 5.92 Å². The van der Waals surface area contributed by atoms with Crippen molar-refractivity contribution in [3.63, 3.8) is 0 Å². The van der Waals surface area contributed by atoms with Crippen molar-refractivity contribution >= 4 is 11.2 Å². The molecule has 0 spiro atoms. The third kappa shape index (κ3) is 1.82. The van der Waals surface area contributed by atoms with E-state index in [1.165, 1.54) is 12.8 Å². The second-order valence-electron chi connectivity index (χ2n) is 5.30. The first-order valence-electron chi connectivity index (χ1n) is 6.27. The van der Waals surface area contributed by atoms with Crippen LogP contribution in [0.2, 0.25) is 0 Å². The van der Waals surface area contributed by atoms with E-state index in [1.54, 1.807) is 6.20 Å². The summed E-state index contributed by atoms with van der Waals surface area (Å²) in [4.78, 5) is 12.1. The molecule has 0 saturated heterocycles. The van der Waals surface area contributed by atoms with Crippen LogP contribution in [0.25, 0.3) is 11.2 Å². The Morgan fingerprint density at radius 2 is 2.18 bits per heavy atom. The number of rotatable bonds is 1. The standard InChI is InChI=1S/C13H18N4/c1-9-4-6-13(14,7-5-9)12-16-10-3-2-8-15-11(10)17-12/h2-3,8-9H,4-7,14H2,1H3,(H,15,16,17). The Bertz CT molecular complexity index is 490. The van der Waals surface area contributed by atoms with Gasteiger partial charge in [0.05, 0.1) is 11.1 Å². The first-order chi connectivity index (χ1) is 8.17. The van der Waals surface area contributed by atoms with E-state index in [0.717, 1.165) is 35.7 Å². The Labute approximate surface area is 101 Å². The van der Waals surface area contributed by atoms with Crippen molar-refractivity contribution in [1.82, 2.24) is 15.0 Å². The van der Waals surface area contributed by atoms with Gasteiger partial charge in [-0.3, -0.25) is 0 Å². The fraction of sp³-hybridized carbons (Fsp3) is 0.538. The van der Waals surface area contributed by atoms with Gasteiger partial charge in [-0.25, -0.2) is 9.97 Å². The molecular weight excluding hydrogens is 212 g/mol. The van der Waals surface area contributed by atoms with E-state index in [-0.39, 0.29) is 5.54 Å². The molecule has 4 nitrogen and oxygen atoms in total. The van der Waals surface area contributed by atoms with Crippen LogP contribution in [0.15, 0.2) is 18.3 Å². The van der Waals surface area contributed by atoms with Crippen molar-refractivity contribution in [3.05, 3.63) is 24.2 Å². The number of fused-ring (bicyclic) bond motifs is 1. The third-order valence-electron chi connectivity index (χ3n) is 3.90. The van der Waals surface area contributed by atoms with Crippen LogP contribution in [-0.2, 0) is 5.54 Å². The predicted octanol–water partition coefficient (Wildman–Crippen LogP) is 2.32. The number of pyridine rings is 1. The number of nitrogens with zero attached hydrogens (tertiary/aromatic N) is 2. The SMILES string of the molecule is CC1CCC(N)(c2nc3ncccc3[nH]2)CC1. The number of nitrogens with two attached hydrogens (primary N) is 1. The predicted molar refractivity (Wildman–Crippen MR) is 67.4 cm³/mol. The summed E-state index contributed by atoms with van der Waals surface area (Å²) in [5.74, 6) is 1.69. The third-order valence-corrected chi connectivity index (χ3v) is 3.90. The average molecular weight is 230 g/mol. The summed E-state index contributed by atoms with van der Waals surface area (Å²) < 4.78 is 0. The summed E-state index contributed by atoms with van der Waals surface area (Å²) in [5.41, 5.74) is 7.95. The molecule has 4 heteroatoms. The van der Waals surface area contributed by atoms with Crippen LogP contribution < -0.4 is 5.73 Å². The molecular formula is C13H18N4. The molecule has 0 aliphatic heterocycles. The molecule has 2 aromatic heterocycles. The van der Waals surface area contributed by atoms with Crippen LogP contribution in [0.5, 0.6) is 0 Å². The van der Waals surface area contributed by atoms with Gasteiger partial charge in [0.25, 0.3) is 0 Å². The van der Waals surface area contributed by atoms with Crippen LogP contribution in [0.1, 0.15) is 38.4 Å². The highest BCUT2D eigenvalue weighted by Crippen LogP contribution is 2.36. The van der Waals surface area contributed by atoms with E-state index < -0.39 is 0 Å². The molecule has 90 valence electrons. The van der Waals surface area contributed by atoms with Crippen molar-refractivity contribution < 1.29 is 0 Å². The average Bonchev–Trinajstić information content (AvgIpc) is 2.77. The summed E-state index contributed by atoms with van der Waals surface area (Å²) in [6.45, 7) is 2.29. The first kappa shape index (κ1) is 10.7. The summed E-state index contributed by atoms with van der Waals surface area (Å²) in [6.07, 6.45) is 6.14. The van der Waals surface area contributed by atoms with Crippen LogP contribution in [-0.4, -0.2) is 15.0 Å². The molecule has 0 unspecified atom stereocenters. The maximum Gasteiger partial charge on any atom is 0.177 e. The number of H-pyrrole nitrogens is 1. The minimum atomic E-state index is -0.285. The Kier molecular flexibility index (Phi) is 2.40. The highest BCUT2D eigenvalue weighted by Gasteiger charge is 2.34. The lowest BCUT2D eigenvalue weighted by atomic mass is 9.77. The monoisotopic (exact) mass is 230 g/mol. The van der Waals surface area contributed by atoms with Crippen molar-refractivity contribution in [1.29, 1.82) is 0 Å². The van der Waals surface area contributed by atoms with Crippen molar-refractivity contribution in [3.8, 4) is 0 Å². The second kappa shape index (κ2) is 3.81. The quantitative estimate of drug-likeness (QED) is 0.790. The van der Waals surface area contributed by atoms with E-state index in [2.05, 4.69) is 21.9 Å². The number of aromatic amines is 1. The molecule has 0 amide bonds. The fourth-order valence-electron chi connectivity index (χ4n) is 2.59. The highest BCUT2D eigenvalue weighted by atomic mass is 15.0. The lowest BCUT2D eigenvalue weighted by Gasteiger charge is -2.34. The number of hydrogen-bond donors (Lipinski definition) is 2. The van der Waals surface area contributed by atoms with Crippen LogP contribution >= 0.6 is 0 Å². The van der Waals surface area contributed by atoms with Crippen LogP contribution in [0.4, 0.5) is 0 Å². The zero-order valence-electron chi connectivity index (χ0n) is 10.1. The summed E-state index contributed by atoms with van der Waals surface area (Å²) in [6, 6.07) is 3.91. The molecule has 1 saturated carbocycles. The van der Waals surface area contributed by atoms with Crippen molar-refractivity contribution in [2.24, 2.45) is 11.7 Å². The Morgan fingerprint density at radius 3 is 2.88 bits per heavy atom. The molecule has 2 aromatic rings. The molecule has 0 bridgehead atoms. The van der Waals surface area contributed by atoms with Crippen molar-refractivity contribution in [2.45, 2.75) is 38.1 Å². The summed E-state index contributed by atoms with van der Waals surface area (Å²) in [7, 11) is 0. The topological polar surface area (TPSA) is 67.6 Å². The van der Waals surface area contributed by atoms with E-state index in [1.807, 2.05) is 12.1 Å². The molecule has 0 atom stereocenters.